The van der Waals surface area contributed by atoms with Crippen molar-refractivity contribution >= 4 is 18.3 Å². The maximum Gasteiger partial charge on any atom is 0.240 e. The fourth-order valence-electron chi connectivity index (χ4n) is 2.75. The smallest absolute Gasteiger partial charge is 0.240 e. The average Bonchev–Trinajstić information content (AvgIpc) is 2.39. The largest absolute Gasteiger partial charge is 0.339 e. The van der Waals surface area contributed by atoms with Crippen molar-refractivity contribution in [3.63, 3.8) is 0 Å². The summed E-state index contributed by atoms with van der Waals surface area (Å²) in [5.74, 6) is 0.364. The van der Waals surface area contributed by atoms with Crippen molar-refractivity contribution in [2.24, 2.45) is 0 Å². The predicted octanol–water partition coefficient (Wildman–Crippen LogP) is 0.714. The van der Waals surface area contributed by atoms with Crippen molar-refractivity contribution in [3.8, 4) is 0 Å². The lowest BCUT2D eigenvalue weighted by Crippen LogP contribution is -2.55. The molecule has 17 heavy (non-hydrogen) atoms. The third kappa shape index (κ3) is 3.57. The van der Waals surface area contributed by atoms with Gasteiger partial charge in [-0.25, -0.2) is 0 Å². The lowest BCUT2D eigenvalue weighted by atomic mass is 10.0. The summed E-state index contributed by atoms with van der Waals surface area (Å²) < 4.78 is 0. The minimum atomic E-state index is 0. The molecule has 0 aliphatic carbocycles. The van der Waals surface area contributed by atoms with Gasteiger partial charge < -0.3 is 10.2 Å². The van der Waals surface area contributed by atoms with Crippen LogP contribution < -0.4 is 5.32 Å². The number of amides is 1. The second-order valence-electron chi connectivity index (χ2n) is 4.72. The van der Waals surface area contributed by atoms with E-state index in [1.807, 2.05) is 4.90 Å². The molecule has 0 aromatic heterocycles. The van der Waals surface area contributed by atoms with Crippen LogP contribution in [0.2, 0.25) is 0 Å². The van der Waals surface area contributed by atoms with E-state index in [0.717, 1.165) is 45.7 Å². The van der Waals surface area contributed by atoms with Crippen molar-refractivity contribution in [2.45, 2.75) is 32.2 Å². The summed E-state index contributed by atoms with van der Waals surface area (Å²) >= 11 is 0. The quantitative estimate of drug-likeness (QED) is 0.796. The highest BCUT2D eigenvalue weighted by atomic mass is 35.5. The highest BCUT2D eigenvalue weighted by Gasteiger charge is 2.31. The normalized spacial score (nSPS) is 26.4. The van der Waals surface area contributed by atoms with Gasteiger partial charge in [-0.05, 0) is 25.9 Å². The van der Waals surface area contributed by atoms with E-state index in [-0.39, 0.29) is 18.4 Å². The fraction of sp³-hybridized carbons (Fsp3) is 0.917. The molecule has 0 bridgehead atoms. The summed E-state index contributed by atoms with van der Waals surface area (Å²) in [6.45, 7) is 7.92. The maximum atomic E-state index is 12.4. The standard InChI is InChI=1S/C12H23N3O.ClH/c1-2-14-8-4-3-5-11(14)12(16)15-9-6-13-7-10-15;/h11,13H,2-10H2,1H3;1H. The van der Waals surface area contributed by atoms with Crippen LogP contribution in [0.3, 0.4) is 0 Å². The third-order valence-corrected chi connectivity index (χ3v) is 3.73. The number of piperidine rings is 1. The zero-order chi connectivity index (χ0) is 11.4. The summed E-state index contributed by atoms with van der Waals surface area (Å²) in [4.78, 5) is 16.8. The van der Waals surface area contributed by atoms with Gasteiger partial charge in [0.05, 0.1) is 6.04 Å². The molecule has 0 spiro atoms. The Morgan fingerprint density at radius 2 is 1.94 bits per heavy atom. The number of carbonyl (C=O) groups excluding carboxylic acids is 1. The monoisotopic (exact) mass is 261 g/mol. The molecule has 0 radical (unpaired) electrons. The van der Waals surface area contributed by atoms with Gasteiger partial charge in [0.25, 0.3) is 0 Å². The zero-order valence-corrected chi connectivity index (χ0v) is 11.5. The summed E-state index contributed by atoms with van der Waals surface area (Å²) in [6, 6.07) is 0.164. The van der Waals surface area contributed by atoms with E-state index in [0.29, 0.717) is 5.91 Å². The van der Waals surface area contributed by atoms with Gasteiger partial charge in [0.15, 0.2) is 0 Å². The van der Waals surface area contributed by atoms with E-state index < -0.39 is 0 Å². The van der Waals surface area contributed by atoms with Crippen LogP contribution in [0.25, 0.3) is 0 Å². The Balaban J connectivity index is 0.00000144. The summed E-state index contributed by atoms with van der Waals surface area (Å²) in [6.07, 6.45) is 3.51. The molecule has 100 valence electrons. The molecule has 1 atom stereocenters. The summed E-state index contributed by atoms with van der Waals surface area (Å²) in [5, 5.41) is 3.29. The van der Waals surface area contributed by atoms with Crippen molar-refractivity contribution < 1.29 is 4.79 Å². The minimum absolute atomic E-state index is 0. The van der Waals surface area contributed by atoms with E-state index in [2.05, 4.69) is 17.1 Å². The number of rotatable bonds is 2. The minimum Gasteiger partial charge on any atom is -0.339 e. The van der Waals surface area contributed by atoms with Crippen molar-refractivity contribution in [2.75, 3.05) is 39.3 Å². The molecular weight excluding hydrogens is 238 g/mol. The zero-order valence-electron chi connectivity index (χ0n) is 10.7. The number of hydrogen-bond acceptors (Lipinski definition) is 3. The molecule has 2 saturated heterocycles. The lowest BCUT2D eigenvalue weighted by Gasteiger charge is -2.38. The van der Waals surface area contributed by atoms with E-state index in [4.69, 9.17) is 0 Å². The topological polar surface area (TPSA) is 35.6 Å². The molecule has 0 aromatic carbocycles. The lowest BCUT2D eigenvalue weighted by molar-refractivity contribution is -0.138. The number of piperazine rings is 1. The Labute approximate surface area is 110 Å². The number of nitrogens with zero attached hydrogens (tertiary/aromatic N) is 2. The Morgan fingerprint density at radius 3 is 2.59 bits per heavy atom. The second-order valence-corrected chi connectivity index (χ2v) is 4.72. The van der Waals surface area contributed by atoms with Crippen molar-refractivity contribution in [1.29, 1.82) is 0 Å². The first-order chi connectivity index (χ1) is 7.83. The van der Waals surface area contributed by atoms with Crippen LogP contribution in [-0.4, -0.2) is 61.0 Å². The molecule has 2 fully saturated rings. The maximum absolute atomic E-state index is 12.4. The third-order valence-electron chi connectivity index (χ3n) is 3.73. The first-order valence-electron chi connectivity index (χ1n) is 6.56. The van der Waals surface area contributed by atoms with Crippen LogP contribution >= 0.6 is 12.4 Å². The molecule has 0 saturated carbocycles. The van der Waals surface area contributed by atoms with E-state index in [1.54, 1.807) is 0 Å². The van der Waals surface area contributed by atoms with Crippen LogP contribution in [0.4, 0.5) is 0 Å². The first kappa shape index (κ1) is 14.7. The molecule has 0 aromatic rings. The molecule has 4 nitrogen and oxygen atoms in total. The Morgan fingerprint density at radius 1 is 1.24 bits per heavy atom. The number of likely N-dealkylation sites (N-methyl/N-ethyl adjacent to an activating group) is 1. The highest BCUT2D eigenvalue weighted by Crippen LogP contribution is 2.18. The van der Waals surface area contributed by atoms with Gasteiger partial charge >= 0.3 is 0 Å². The van der Waals surface area contributed by atoms with Gasteiger partial charge in [0.2, 0.25) is 5.91 Å². The number of carbonyl (C=O) groups is 1. The van der Waals surface area contributed by atoms with Gasteiger partial charge in [-0.2, -0.15) is 0 Å². The highest BCUT2D eigenvalue weighted by molar-refractivity contribution is 5.85. The Bertz CT molecular complexity index is 244. The van der Waals surface area contributed by atoms with Crippen LogP contribution in [0.15, 0.2) is 0 Å². The summed E-state index contributed by atoms with van der Waals surface area (Å²) in [7, 11) is 0. The fourth-order valence-corrected chi connectivity index (χ4v) is 2.75. The van der Waals surface area contributed by atoms with Crippen LogP contribution in [0.1, 0.15) is 26.2 Å². The number of likely N-dealkylation sites (tertiary alicyclic amines) is 1. The van der Waals surface area contributed by atoms with E-state index in [1.165, 1.54) is 12.8 Å². The van der Waals surface area contributed by atoms with Crippen molar-refractivity contribution in [1.82, 2.24) is 15.1 Å². The van der Waals surface area contributed by atoms with Gasteiger partial charge in [-0.15, -0.1) is 12.4 Å². The molecule has 2 aliphatic rings. The molecule has 1 N–H and O–H groups in total. The molecular formula is C12H24ClN3O. The number of nitrogens with one attached hydrogen (secondary N) is 1. The Hall–Kier alpha value is -0.320. The summed E-state index contributed by atoms with van der Waals surface area (Å²) in [5.41, 5.74) is 0. The van der Waals surface area contributed by atoms with Crippen molar-refractivity contribution in [3.05, 3.63) is 0 Å². The number of halogens is 1. The Kier molecular flexibility index (Phi) is 6.23. The average molecular weight is 262 g/mol. The second kappa shape index (κ2) is 7.19. The molecule has 2 rings (SSSR count). The molecule has 1 unspecified atom stereocenters. The van der Waals surface area contributed by atoms with Gasteiger partial charge in [-0.3, -0.25) is 9.69 Å². The predicted molar refractivity (Wildman–Crippen MR) is 71.6 cm³/mol. The first-order valence-corrected chi connectivity index (χ1v) is 6.56. The van der Waals surface area contributed by atoms with E-state index in [9.17, 15) is 4.79 Å². The molecule has 2 heterocycles. The molecule has 2 aliphatic heterocycles. The van der Waals surface area contributed by atoms with Crippen LogP contribution in [0.5, 0.6) is 0 Å². The SMILES string of the molecule is CCN1CCCCC1C(=O)N1CCNCC1.Cl. The molecule has 1 amide bonds. The van der Waals surface area contributed by atoms with E-state index >= 15 is 0 Å². The van der Waals surface area contributed by atoms with Gasteiger partial charge in [0.1, 0.15) is 0 Å². The van der Waals surface area contributed by atoms with Crippen LogP contribution in [-0.2, 0) is 4.79 Å². The van der Waals surface area contributed by atoms with Gasteiger partial charge in [-0.1, -0.05) is 13.3 Å². The van der Waals surface area contributed by atoms with Gasteiger partial charge in [0, 0.05) is 26.2 Å². The van der Waals surface area contributed by atoms with Crippen LogP contribution in [0, 0.1) is 0 Å². The number of hydrogen-bond donors (Lipinski definition) is 1. The molecule has 5 heteroatoms.